The molecule has 0 aliphatic rings. The molecule has 0 heterocycles. The van der Waals surface area contributed by atoms with Gasteiger partial charge in [-0.1, -0.05) is 36.9 Å². The van der Waals surface area contributed by atoms with E-state index in [2.05, 4.69) is 19.7 Å². The molecular weight excluding hydrogens is 284 g/mol. The van der Waals surface area contributed by atoms with Crippen molar-refractivity contribution in [2.24, 2.45) is 0 Å². The van der Waals surface area contributed by atoms with Crippen molar-refractivity contribution in [3.8, 4) is 22.6 Å². The van der Waals surface area contributed by atoms with Gasteiger partial charge in [0, 0.05) is 11.1 Å². The Morgan fingerprint density at radius 1 is 0.826 bits per heavy atom. The van der Waals surface area contributed by atoms with Crippen molar-refractivity contribution in [1.82, 2.24) is 0 Å². The molecular formula is C21H22O2. The maximum Gasteiger partial charge on any atom is 0.127 e. The number of allylic oxidation sites excluding steroid dienone is 2. The summed E-state index contributed by atoms with van der Waals surface area (Å²) < 4.78 is 5.75. The van der Waals surface area contributed by atoms with Crippen molar-refractivity contribution in [3.63, 3.8) is 0 Å². The standard InChI is InChI=1S/C21H22O2/c1-4-7-16-9-11-20(22)18(14-16)19-15-17(8-5-2)10-12-21(19)23-13-6-3/h4-6,9-12,14-15,22H,1-3,7-8,13H2. The van der Waals surface area contributed by atoms with Gasteiger partial charge in [0.25, 0.3) is 0 Å². The van der Waals surface area contributed by atoms with Crippen LogP contribution in [0.2, 0.25) is 0 Å². The van der Waals surface area contributed by atoms with Crippen molar-refractivity contribution in [2.75, 3.05) is 6.61 Å². The summed E-state index contributed by atoms with van der Waals surface area (Å²) in [6.45, 7) is 11.6. The van der Waals surface area contributed by atoms with Gasteiger partial charge in [-0.15, -0.1) is 13.2 Å². The Morgan fingerprint density at radius 3 is 2.04 bits per heavy atom. The number of hydrogen-bond acceptors (Lipinski definition) is 2. The van der Waals surface area contributed by atoms with Gasteiger partial charge >= 0.3 is 0 Å². The molecule has 0 radical (unpaired) electrons. The molecule has 0 aliphatic heterocycles. The first kappa shape index (κ1) is 16.6. The second-order valence-electron chi connectivity index (χ2n) is 5.27. The van der Waals surface area contributed by atoms with E-state index in [1.165, 1.54) is 0 Å². The monoisotopic (exact) mass is 306 g/mol. The second kappa shape index (κ2) is 8.04. The van der Waals surface area contributed by atoms with E-state index in [-0.39, 0.29) is 5.75 Å². The van der Waals surface area contributed by atoms with Gasteiger partial charge in [0.05, 0.1) is 0 Å². The minimum absolute atomic E-state index is 0.233. The molecule has 0 fully saturated rings. The molecule has 2 nitrogen and oxygen atoms in total. The van der Waals surface area contributed by atoms with E-state index in [1.807, 2.05) is 42.5 Å². The number of benzene rings is 2. The summed E-state index contributed by atoms with van der Waals surface area (Å²) in [6.07, 6.45) is 6.93. The zero-order valence-electron chi connectivity index (χ0n) is 13.3. The van der Waals surface area contributed by atoms with Crippen LogP contribution in [-0.4, -0.2) is 11.7 Å². The molecule has 23 heavy (non-hydrogen) atoms. The van der Waals surface area contributed by atoms with E-state index in [4.69, 9.17) is 4.74 Å². The first-order valence-electron chi connectivity index (χ1n) is 7.60. The number of rotatable bonds is 8. The summed E-state index contributed by atoms with van der Waals surface area (Å²) in [5.74, 6) is 0.959. The lowest BCUT2D eigenvalue weighted by molar-refractivity contribution is 0.364. The van der Waals surface area contributed by atoms with E-state index in [9.17, 15) is 5.11 Å². The molecule has 0 saturated heterocycles. The highest BCUT2D eigenvalue weighted by atomic mass is 16.5. The fourth-order valence-corrected chi connectivity index (χ4v) is 2.45. The Hall–Kier alpha value is -2.74. The summed E-state index contributed by atoms with van der Waals surface area (Å²) in [7, 11) is 0. The number of hydrogen-bond donors (Lipinski definition) is 1. The molecule has 0 atom stereocenters. The Labute approximate surface area is 138 Å². The van der Waals surface area contributed by atoms with Gasteiger partial charge in [0.2, 0.25) is 0 Å². The quantitative estimate of drug-likeness (QED) is 0.689. The minimum Gasteiger partial charge on any atom is -0.507 e. The molecule has 1 N–H and O–H groups in total. The van der Waals surface area contributed by atoms with Crippen LogP contribution in [0.5, 0.6) is 11.5 Å². The molecule has 0 aromatic heterocycles. The zero-order valence-corrected chi connectivity index (χ0v) is 13.3. The van der Waals surface area contributed by atoms with E-state index < -0.39 is 0 Å². The minimum atomic E-state index is 0.233. The predicted molar refractivity (Wildman–Crippen MR) is 97.0 cm³/mol. The molecule has 2 heteroatoms. The summed E-state index contributed by atoms with van der Waals surface area (Å²) in [6, 6.07) is 11.6. The molecule has 0 aliphatic carbocycles. The number of ether oxygens (including phenoxy) is 1. The van der Waals surface area contributed by atoms with E-state index in [0.29, 0.717) is 6.61 Å². The molecule has 0 spiro atoms. The van der Waals surface area contributed by atoms with Crippen LogP contribution in [0.1, 0.15) is 11.1 Å². The van der Waals surface area contributed by atoms with Crippen LogP contribution in [-0.2, 0) is 12.8 Å². The summed E-state index contributed by atoms with van der Waals surface area (Å²) in [5, 5.41) is 10.3. The largest absolute Gasteiger partial charge is 0.507 e. The number of phenols is 1. The Bertz CT molecular complexity index is 714. The van der Waals surface area contributed by atoms with Crippen LogP contribution in [0.15, 0.2) is 74.4 Å². The first-order chi connectivity index (χ1) is 11.2. The lowest BCUT2D eigenvalue weighted by Gasteiger charge is -2.14. The third-order valence-electron chi connectivity index (χ3n) is 3.51. The molecule has 118 valence electrons. The maximum absolute atomic E-state index is 10.3. The van der Waals surface area contributed by atoms with Gasteiger partial charge in [-0.25, -0.2) is 0 Å². The van der Waals surface area contributed by atoms with Crippen molar-refractivity contribution in [1.29, 1.82) is 0 Å². The van der Waals surface area contributed by atoms with Crippen LogP contribution in [0.4, 0.5) is 0 Å². The summed E-state index contributed by atoms with van der Waals surface area (Å²) in [4.78, 5) is 0. The molecule has 0 amide bonds. The van der Waals surface area contributed by atoms with Crippen molar-refractivity contribution in [3.05, 3.63) is 85.5 Å². The fraction of sp³-hybridized carbons (Fsp3) is 0.143. The number of phenolic OH excluding ortho intramolecular Hbond substituents is 1. The summed E-state index contributed by atoms with van der Waals surface area (Å²) in [5.41, 5.74) is 3.84. The number of aromatic hydroxyl groups is 1. The van der Waals surface area contributed by atoms with E-state index >= 15 is 0 Å². The van der Waals surface area contributed by atoms with Gasteiger partial charge in [0.15, 0.2) is 0 Å². The SMILES string of the molecule is C=CCOc1ccc(CC=C)cc1-c1cc(CC=C)ccc1O. The van der Waals surface area contributed by atoms with Gasteiger partial charge in [-0.3, -0.25) is 0 Å². The highest BCUT2D eigenvalue weighted by molar-refractivity contribution is 5.76. The maximum atomic E-state index is 10.3. The Kier molecular flexibility index (Phi) is 5.81. The van der Waals surface area contributed by atoms with Crippen LogP contribution >= 0.6 is 0 Å². The van der Waals surface area contributed by atoms with E-state index in [0.717, 1.165) is 40.8 Å². The Morgan fingerprint density at radius 2 is 1.43 bits per heavy atom. The zero-order chi connectivity index (χ0) is 16.7. The highest BCUT2D eigenvalue weighted by Crippen LogP contribution is 2.37. The second-order valence-corrected chi connectivity index (χ2v) is 5.27. The molecule has 2 aromatic carbocycles. The van der Waals surface area contributed by atoms with Crippen molar-refractivity contribution >= 4 is 0 Å². The van der Waals surface area contributed by atoms with Gasteiger partial charge < -0.3 is 9.84 Å². The van der Waals surface area contributed by atoms with Crippen LogP contribution in [0.25, 0.3) is 11.1 Å². The fourth-order valence-electron chi connectivity index (χ4n) is 2.45. The predicted octanol–water partition coefficient (Wildman–Crippen LogP) is 5.08. The van der Waals surface area contributed by atoms with Crippen LogP contribution in [0, 0.1) is 0 Å². The molecule has 0 unspecified atom stereocenters. The molecule has 2 aromatic rings. The average Bonchev–Trinajstić information content (AvgIpc) is 2.56. The highest BCUT2D eigenvalue weighted by Gasteiger charge is 2.12. The van der Waals surface area contributed by atoms with E-state index in [1.54, 1.807) is 12.1 Å². The summed E-state index contributed by atoms with van der Waals surface area (Å²) >= 11 is 0. The van der Waals surface area contributed by atoms with Crippen molar-refractivity contribution in [2.45, 2.75) is 12.8 Å². The normalized spacial score (nSPS) is 10.1. The van der Waals surface area contributed by atoms with Gasteiger partial charge in [-0.2, -0.15) is 0 Å². The van der Waals surface area contributed by atoms with Crippen LogP contribution in [0.3, 0.4) is 0 Å². The van der Waals surface area contributed by atoms with Gasteiger partial charge in [-0.05, 0) is 48.2 Å². The average molecular weight is 306 g/mol. The smallest absolute Gasteiger partial charge is 0.127 e. The topological polar surface area (TPSA) is 29.5 Å². The molecule has 0 saturated carbocycles. The van der Waals surface area contributed by atoms with Crippen molar-refractivity contribution < 1.29 is 9.84 Å². The van der Waals surface area contributed by atoms with Crippen LogP contribution < -0.4 is 4.74 Å². The van der Waals surface area contributed by atoms with Gasteiger partial charge in [0.1, 0.15) is 18.1 Å². The first-order valence-corrected chi connectivity index (χ1v) is 7.60. The third kappa shape index (κ3) is 4.13. The third-order valence-corrected chi connectivity index (χ3v) is 3.51. The Balaban J connectivity index is 2.55. The lowest BCUT2D eigenvalue weighted by Crippen LogP contribution is -1.97. The lowest BCUT2D eigenvalue weighted by atomic mass is 9.97. The molecule has 2 rings (SSSR count). The molecule has 0 bridgehead atoms.